The van der Waals surface area contributed by atoms with E-state index in [1.54, 1.807) is 31.4 Å². The summed E-state index contributed by atoms with van der Waals surface area (Å²) in [5.41, 5.74) is 0.404. The smallest absolute Gasteiger partial charge is 0.326 e. The maximum atomic E-state index is 12.1. The lowest BCUT2D eigenvalue weighted by atomic mass is 10.1. The molecule has 122 valence electrons. The van der Waals surface area contributed by atoms with Crippen molar-refractivity contribution in [1.29, 1.82) is 0 Å². The van der Waals surface area contributed by atoms with E-state index in [4.69, 9.17) is 14.6 Å². The summed E-state index contributed by atoms with van der Waals surface area (Å²) in [6.45, 7) is 2.89. The number of rotatable bonds is 10. The molecule has 6 heteroatoms. The molecule has 0 unspecified atom stereocenters. The topological polar surface area (TPSA) is 84.9 Å². The predicted octanol–water partition coefficient (Wildman–Crippen LogP) is 2.08. The minimum atomic E-state index is -1.01. The lowest BCUT2D eigenvalue weighted by Crippen LogP contribution is -2.40. The molecule has 0 aliphatic carbocycles. The first-order valence-corrected chi connectivity index (χ1v) is 7.34. The van der Waals surface area contributed by atoms with Gasteiger partial charge in [-0.25, -0.2) is 4.79 Å². The molecule has 1 aromatic carbocycles. The number of amides is 1. The fourth-order valence-corrected chi connectivity index (χ4v) is 1.85. The zero-order chi connectivity index (χ0) is 16.4. The molecule has 0 bridgehead atoms. The summed E-state index contributed by atoms with van der Waals surface area (Å²) in [6, 6.07) is 5.70. The Balaban J connectivity index is 2.58. The van der Waals surface area contributed by atoms with Gasteiger partial charge in [-0.05, 0) is 30.7 Å². The molecular formula is C16H23NO5. The molecule has 0 heterocycles. The highest BCUT2D eigenvalue weighted by atomic mass is 16.5. The summed E-state index contributed by atoms with van der Waals surface area (Å²) in [5.74, 6) is -0.775. The van der Waals surface area contributed by atoms with Crippen molar-refractivity contribution < 1.29 is 24.2 Å². The number of hydrogen-bond acceptors (Lipinski definition) is 4. The van der Waals surface area contributed by atoms with Gasteiger partial charge in [0.25, 0.3) is 5.91 Å². The lowest BCUT2D eigenvalue weighted by Gasteiger charge is -2.14. The number of hydrogen-bond donors (Lipinski definition) is 2. The van der Waals surface area contributed by atoms with E-state index in [1.807, 2.05) is 6.92 Å². The summed E-state index contributed by atoms with van der Waals surface area (Å²) in [4.78, 5) is 23.2. The van der Waals surface area contributed by atoms with E-state index in [-0.39, 0.29) is 0 Å². The van der Waals surface area contributed by atoms with Gasteiger partial charge in [0.05, 0.1) is 6.61 Å². The Kier molecular flexibility index (Phi) is 7.99. The SMILES string of the molecule is CCCC[C@H](NC(=O)c1ccc(OCCOC)cc1)C(=O)O. The van der Waals surface area contributed by atoms with Gasteiger partial charge in [-0.1, -0.05) is 19.8 Å². The Hall–Kier alpha value is -2.08. The summed E-state index contributed by atoms with van der Waals surface area (Å²) in [7, 11) is 1.59. The minimum Gasteiger partial charge on any atom is -0.491 e. The zero-order valence-electron chi connectivity index (χ0n) is 13.0. The van der Waals surface area contributed by atoms with Crippen LogP contribution >= 0.6 is 0 Å². The van der Waals surface area contributed by atoms with Gasteiger partial charge in [0.2, 0.25) is 0 Å². The largest absolute Gasteiger partial charge is 0.491 e. The molecule has 1 atom stereocenters. The van der Waals surface area contributed by atoms with Crippen LogP contribution in [0.25, 0.3) is 0 Å². The normalized spacial score (nSPS) is 11.7. The first-order valence-electron chi connectivity index (χ1n) is 7.34. The monoisotopic (exact) mass is 309 g/mol. The maximum absolute atomic E-state index is 12.1. The van der Waals surface area contributed by atoms with E-state index in [0.29, 0.717) is 30.9 Å². The first kappa shape index (κ1) is 18.0. The number of carboxylic acid groups (broad SMARTS) is 1. The van der Waals surface area contributed by atoms with Crippen molar-refractivity contribution in [3.05, 3.63) is 29.8 Å². The lowest BCUT2D eigenvalue weighted by molar-refractivity contribution is -0.139. The highest BCUT2D eigenvalue weighted by Crippen LogP contribution is 2.12. The van der Waals surface area contributed by atoms with Crippen LogP contribution in [0, 0.1) is 0 Å². The molecule has 6 nitrogen and oxygen atoms in total. The molecule has 0 aromatic heterocycles. The predicted molar refractivity (Wildman–Crippen MR) is 82.2 cm³/mol. The maximum Gasteiger partial charge on any atom is 0.326 e. The zero-order valence-corrected chi connectivity index (χ0v) is 13.0. The third-order valence-corrected chi connectivity index (χ3v) is 3.12. The molecule has 1 rings (SSSR count). The molecule has 0 aliphatic rings. The molecule has 0 radical (unpaired) electrons. The van der Waals surface area contributed by atoms with Crippen LogP contribution in [-0.4, -0.2) is 43.3 Å². The van der Waals surface area contributed by atoms with Crippen LogP contribution in [0.5, 0.6) is 5.75 Å². The number of carbonyl (C=O) groups is 2. The number of carbonyl (C=O) groups excluding carboxylic acids is 1. The van der Waals surface area contributed by atoms with Crippen molar-refractivity contribution in [1.82, 2.24) is 5.32 Å². The molecule has 0 spiro atoms. The molecule has 1 aromatic rings. The van der Waals surface area contributed by atoms with Gasteiger partial charge in [0.15, 0.2) is 0 Å². The quantitative estimate of drug-likeness (QED) is 0.646. The fraction of sp³-hybridized carbons (Fsp3) is 0.500. The summed E-state index contributed by atoms with van der Waals surface area (Å²) < 4.78 is 10.3. The van der Waals surface area contributed by atoms with Crippen molar-refractivity contribution in [2.75, 3.05) is 20.3 Å². The van der Waals surface area contributed by atoms with Crippen molar-refractivity contribution in [3.8, 4) is 5.75 Å². The van der Waals surface area contributed by atoms with Crippen LogP contribution in [0.1, 0.15) is 36.5 Å². The Morgan fingerprint density at radius 2 is 1.91 bits per heavy atom. The minimum absolute atomic E-state index is 0.396. The van der Waals surface area contributed by atoms with Gasteiger partial charge < -0.3 is 19.9 Å². The van der Waals surface area contributed by atoms with Crippen LogP contribution in [-0.2, 0) is 9.53 Å². The van der Waals surface area contributed by atoms with Crippen molar-refractivity contribution in [2.45, 2.75) is 32.2 Å². The highest BCUT2D eigenvalue weighted by Gasteiger charge is 2.19. The van der Waals surface area contributed by atoms with E-state index < -0.39 is 17.9 Å². The average Bonchev–Trinajstić information content (AvgIpc) is 2.51. The number of benzene rings is 1. The number of carboxylic acids is 1. The molecule has 0 saturated heterocycles. The van der Waals surface area contributed by atoms with Gasteiger partial charge in [-0.15, -0.1) is 0 Å². The van der Waals surface area contributed by atoms with Crippen molar-refractivity contribution >= 4 is 11.9 Å². The van der Waals surface area contributed by atoms with Crippen LogP contribution in [0.15, 0.2) is 24.3 Å². The Bertz CT molecular complexity index is 472. The highest BCUT2D eigenvalue weighted by molar-refractivity contribution is 5.96. The summed E-state index contributed by atoms with van der Waals surface area (Å²) in [5, 5.41) is 11.7. The van der Waals surface area contributed by atoms with Gasteiger partial charge in [-0.2, -0.15) is 0 Å². The van der Waals surface area contributed by atoms with Crippen molar-refractivity contribution in [2.24, 2.45) is 0 Å². The second kappa shape index (κ2) is 9.78. The molecule has 1 amide bonds. The van der Waals surface area contributed by atoms with Gasteiger partial charge in [0.1, 0.15) is 18.4 Å². The van der Waals surface area contributed by atoms with E-state index >= 15 is 0 Å². The number of nitrogens with one attached hydrogen (secondary N) is 1. The summed E-state index contributed by atoms with van der Waals surface area (Å²) in [6.07, 6.45) is 2.06. The van der Waals surface area contributed by atoms with E-state index in [2.05, 4.69) is 5.32 Å². The van der Waals surface area contributed by atoms with E-state index in [1.165, 1.54) is 0 Å². The molecule has 0 saturated carbocycles. The van der Waals surface area contributed by atoms with Crippen LogP contribution in [0.3, 0.4) is 0 Å². The second-order valence-corrected chi connectivity index (χ2v) is 4.87. The third kappa shape index (κ3) is 6.13. The molecule has 0 fully saturated rings. The molecular weight excluding hydrogens is 286 g/mol. The number of ether oxygens (including phenoxy) is 2. The van der Waals surface area contributed by atoms with Crippen LogP contribution < -0.4 is 10.1 Å². The Morgan fingerprint density at radius 3 is 2.45 bits per heavy atom. The number of methoxy groups -OCH3 is 1. The van der Waals surface area contributed by atoms with Gasteiger partial charge in [-0.3, -0.25) is 4.79 Å². The Labute approximate surface area is 130 Å². The third-order valence-electron chi connectivity index (χ3n) is 3.12. The van der Waals surface area contributed by atoms with Crippen molar-refractivity contribution in [3.63, 3.8) is 0 Å². The average molecular weight is 309 g/mol. The molecule has 2 N–H and O–H groups in total. The van der Waals surface area contributed by atoms with Gasteiger partial charge in [0, 0.05) is 12.7 Å². The van der Waals surface area contributed by atoms with Crippen LogP contribution in [0.4, 0.5) is 0 Å². The second-order valence-electron chi connectivity index (χ2n) is 4.87. The van der Waals surface area contributed by atoms with E-state index in [0.717, 1.165) is 12.8 Å². The number of aliphatic carboxylic acids is 1. The van der Waals surface area contributed by atoms with E-state index in [9.17, 15) is 9.59 Å². The van der Waals surface area contributed by atoms with Gasteiger partial charge >= 0.3 is 5.97 Å². The summed E-state index contributed by atoms with van der Waals surface area (Å²) >= 11 is 0. The first-order chi connectivity index (χ1) is 10.6. The molecule has 0 aliphatic heterocycles. The Morgan fingerprint density at radius 1 is 1.23 bits per heavy atom. The number of unbranched alkanes of at least 4 members (excludes halogenated alkanes) is 1. The van der Waals surface area contributed by atoms with Crippen LogP contribution in [0.2, 0.25) is 0 Å². The fourth-order valence-electron chi connectivity index (χ4n) is 1.85. The molecule has 22 heavy (non-hydrogen) atoms. The standard InChI is InChI=1S/C16H23NO5/c1-3-4-5-14(16(19)20)17-15(18)12-6-8-13(9-7-12)22-11-10-21-2/h6-9,14H,3-5,10-11H2,1-2H3,(H,17,18)(H,19,20)/t14-/m0/s1.